The van der Waals surface area contributed by atoms with Gasteiger partial charge in [0.2, 0.25) is 0 Å². The lowest BCUT2D eigenvalue weighted by atomic mass is 10.2. The van der Waals surface area contributed by atoms with Crippen LogP contribution < -0.4 is 11.1 Å². The molecule has 2 heterocycles. The minimum atomic E-state index is 0.276. The summed E-state index contributed by atoms with van der Waals surface area (Å²) in [7, 11) is 0. The first-order chi connectivity index (χ1) is 9.70. The molecule has 3 rings (SSSR count). The summed E-state index contributed by atoms with van der Waals surface area (Å²) in [4.78, 5) is 0. The highest BCUT2D eigenvalue weighted by Gasteiger charge is 2.29. The number of aromatic nitrogens is 4. The first kappa shape index (κ1) is 12.4. The van der Waals surface area contributed by atoms with Gasteiger partial charge >= 0.3 is 0 Å². The minimum absolute atomic E-state index is 0.276. The van der Waals surface area contributed by atoms with Gasteiger partial charge in [0.25, 0.3) is 0 Å². The van der Waals surface area contributed by atoms with E-state index >= 15 is 0 Å². The van der Waals surface area contributed by atoms with Crippen LogP contribution in [0.15, 0.2) is 18.3 Å². The molecule has 0 aromatic carbocycles. The Balaban J connectivity index is 1.97. The van der Waals surface area contributed by atoms with Gasteiger partial charge in [-0.05, 0) is 37.8 Å². The molecule has 0 spiro atoms. The Morgan fingerprint density at radius 1 is 1.55 bits per heavy atom. The Kier molecular flexibility index (Phi) is 2.99. The van der Waals surface area contributed by atoms with Gasteiger partial charge < -0.3 is 11.1 Å². The molecule has 1 saturated carbocycles. The molecule has 0 aliphatic heterocycles. The van der Waals surface area contributed by atoms with Gasteiger partial charge in [0.05, 0.1) is 0 Å². The third-order valence-corrected chi connectivity index (χ3v) is 3.50. The lowest BCUT2D eigenvalue weighted by molar-refractivity contribution is 0.686. The lowest BCUT2D eigenvalue weighted by Crippen LogP contribution is -2.18. The summed E-state index contributed by atoms with van der Waals surface area (Å²) in [5.41, 5.74) is 6.33. The van der Waals surface area contributed by atoms with E-state index in [4.69, 9.17) is 5.73 Å². The average molecular weight is 269 g/mol. The van der Waals surface area contributed by atoms with E-state index in [9.17, 15) is 5.26 Å². The summed E-state index contributed by atoms with van der Waals surface area (Å²) in [6.07, 6.45) is 4.01. The zero-order valence-electron chi connectivity index (χ0n) is 11.1. The molecule has 1 aliphatic carbocycles. The van der Waals surface area contributed by atoms with E-state index in [1.165, 1.54) is 17.5 Å². The Morgan fingerprint density at radius 3 is 2.95 bits per heavy atom. The molecule has 1 aliphatic rings. The maximum atomic E-state index is 9.27. The molecular weight excluding hydrogens is 254 g/mol. The van der Waals surface area contributed by atoms with Gasteiger partial charge in [-0.1, -0.05) is 0 Å². The maximum Gasteiger partial charge on any atom is 0.178 e. The van der Waals surface area contributed by atoms with Crippen molar-refractivity contribution in [3.05, 3.63) is 23.9 Å². The second kappa shape index (κ2) is 4.81. The van der Waals surface area contributed by atoms with Gasteiger partial charge in [-0.2, -0.15) is 15.0 Å². The summed E-state index contributed by atoms with van der Waals surface area (Å²) in [5, 5.41) is 24.7. The Labute approximate surface area is 116 Å². The number of nitrogens with two attached hydrogens (primary N) is 1. The van der Waals surface area contributed by atoms with Gasteiger partial charge in [-0.3, -0.25) is 0 Å². The number of nitrogens with zero attached hydrogens (tertiary/aromatic N) is 5. The third-order valence-electron chi connectivity index (χ3n) is 3.50. The van der Waals surface area contributed by atoms with Crippen molar-refractivity contribution in [2.24, 2.45) is 5.92 Å². The highest BCUT2D eigenvalue weighted by Crippen LogP contribution is 2.34. The predicted octanol–water partition coefficient (Wildman–Crippen LogP) is 1.33. The zero-order chi connectivity index (χ0) is 14.1. The molecule has 2 aromatic rings. The second-order valence-electron chi connectivity index (χ2n) is 4.98. The fourth-order valence-corrected chi connectivity index (χ4v) is 2.15. The van der Waals surface area contributed by atoms with Gasteiger partial charge in [-0.25, -0.2) is 0 Å². The Hall–Kier alpha value is -2.62. The monoisotopic (exact) mass is 269 g/mol. The normalized spacial score (nSPS) is 15.6. The number of nitrogen functional groups attached to an aromatic ring is 1. The van der Waals surface area contributed by atoms with Crippen LogP contribution in [0.1, 0.15) is 25.3 Å². The molecule has 0 bridgehead atoms. The van der Waals surface area contributed by atoms with Crippen molar-refractivity contribution < 1.29 is 0 Å². The molecule has 7 nitrogen and oxygen atoms in total. The average Bonchev–Trinajstić information content (AvgIpc) is 3.26. The SMILES string of the molecule is CC(Nc1nn(-c2cccnn2)c(N)c1C#N)C1CC1. The van der Waals surface area contributed by atoms with Crippen molar-refractivity contribution in [3.8, 4) is 11.9 Å². The number of anilines is 2. The van der Waals surface area contributed by atoms with E-state index < -0.39 is 0 Å². The van der Waals surface area contributed by atoms with Crippen molar-refractivity contribution in [2.75, 3.05) is 11.1 Å². The molecular formula is C13H15N7. The van der Waals surface area contributed by atoms with Crippen molar-refractivity contribution in [1.29, 1.82) is 5.26 Å². The number of nitrogens with one attached hydrogen (secondary N) is 1. The molecule has 2 aromatic heterocycles. The minimum Gasteiger partial charge on any atom is -0.382 e. The third kappa shape index (κ3) is 2.16. The molecule has 0 amide bonds. The Bertz CT molecular complexity index is 651. The van der Waals surface area contributed by atoms with Gasteiger partial charge in [0, 0.05) is 12.2 Å². The fraction of sp³-hybridized carbons (Fsp3) is 0.385. The summed E-state index contributed by atoms with van der Waals surface area (Å²) in [5.74, 6) is 1.94. The van der Waals surface area contributed by atoms with Crippen molar-refractivity contribution >= 4 is 11.6 Å². The van der Waals surface area contributed by atoms with Crippen LogP contribution in [-0.2, 0) is 0 Å². The van der Waals surface area contributed by atoms with E-state index in [0.717, 1.165) is 0 Å². The van der Waals surface area contributed by atoms with E-state index in [0.29, 0.717) is 23.1 Å². The van der Waals surface area contributed by atoms with Crippen LogP contribution in [0.25, 0.3) is 5.82 Å². The quantitative estimate of drug-likeness (QED) is 0.867. The van der Waals surface area contributed by atoms with Crippen molar-refractivity contribution in [1.82, 2.24) is 20.0 Å². The van der Waals surface area contributed by atoms with E-state index in [1.54, 1.807) is 18.3 Å². The standard InChI is InChI=1S/C13H15N7/c1-8(9-4-5-9)17-13-10(7-14)12(15)20(19-13)11-3-2-6-16-18-11/h2-3,6,8-9H,4-5,15H2,1H3,(H,17,19). The summed E-state index contributed by atoms with van der Waals surface area (Å²) in [6, 6.07) is 5.87. The van der Waals surface area contributed by atoms with E-state index in [2.05, 4.69) is 33.6 Å². The van der Waals surface area contributed by atoms with Gasteiger partial charge in [0.1, 0.15) is 17.5 Å². The maximum absolute atomic E-state index is 9.27. The van der Waals surface area contributed by atoms with Crippen LogP contribution in [0.4, 0.5) is 11.6 Å². The smallest absolute Gasteiger partial charge is 0.178 e. The molecule has 102 valence electrons. The van der Waals surface area contributed by atoms with Gasteiger partial charge in [0.15, 0.2) is 11.6 Å². The fourth-order valence-electron chi connectivity index (χ4n) is 2.15. The topological polar surface area (TPSA) is 105 Å². The second-order valence-corrected chi connectivity index (χ2v) is 4.98. The highest BCUT2D eigenvalue weighted by atomic mass is 15.4. The molecule has 7 heteroatoms. The summed E-state index contributed by atoms with van der Waals surface area (Å²) < 4.78 is 1.44. The Morgan fingerprint density at radius 2 is 2.35 bits per heavy atom. The largest absolute Gasteiger partial charge is 0.382 e. The molecule has 1 unspecified atom stereocenters. The van der Waals surface area contributed by atoms with Crippen LogP contribution in [0.3, 0.4) is 0 Å². The molecule has 20 heavy (non-hydrogen) atoms. The number of rotatable bonds is 4. The number of hydrogen-bond acceptors (Lipinski definition) is 6. The van der Waals surface area contributed by atoms with E-state index in [-0.39, 0.29) is 11.9 Å². The summed E-state index contributed by atoms with van der Waals surface area (Å²) in [6.45, 7) is 2.09. The van der Waals surface area contributed by atoms with Crippen LogP contribution >= 0.6 is 0 Å². The number of hydrogen-bond donors (Lipinski definition) is 2. The van der Waals surface area contributed by atoms with Crippen LogP contribution in [-0.4, -0.2) is 26.0 Å². The van der Waals surface area contributed by atoms with Crippen LogP contribution in [0, 0.1) is 17.2 Å². The molecule has 3 N–H and O–H groups in total. The first-order valence-electron chi connectivity index (χ1n) is 6.54. The molecule has 1 fully saturated rings. The van der Waals surface area contributed by atoms with Crippen LogP contribution in [0.2, 0.25) is 0 Å². The zero-order valence-corrected chi connectivity index (χ0v) is 11.1. The molecule has 0 radical (unpaired) electrons. The first-order valence-corrected chi connectivity index (χ1v) is 6.54. The van der Waals surface area contributed by atoms with Crippen molar-refractivity contribution in [2.45, 2.75) is 25.8 Å². The molecule has 0 saturated heterocycles. The highest BCUT2D eigenvalue weighted by molar-refractivity contribution is 5.65. The predicted molar refractivity (Wildman–Crippen MR) is 74.1 cm³/mol. The van der Waals surface area contributed by atoms with Crippen LogP contribution in [0.5, 0.6) is 0 Å². The number of nitriles is 1. The molecule has 1 atom stereocenters. The lowest BCUT2D eigenvalue weighted by Gasteiger charge is -2.11. The van der Waals surface area contributed by atoms with E-state index in [1.807, 2.05) is 0 Å². The van der Waals surface area contributed by atoms with Crippen molar-refractivity contribution in [3.63, 3.8) is 0 Å². The van der Waals surface area contributed by atoms with Gasteiger partial charge in [-0.15, -0.1) is 10.2 Å². The summed E-state index contributed by atoms with van der Waals surface area (Å²) >= 11 is 0.